The number of halogens is 2. The van der Waals surface area contributed by atoms with Gasteiger partial charge < -0.3 is 20.7 Å². The summed E-state index contributed by atoms with van der Waals surface area (Å²) in [6.45, 7) is 1.38. The second kappa shape index (κ2) is 8.96. The number of anilines is 1. The molecule has 2 rings (SSSR count). The second-order valence-electron chi connectivity index (χ2n) is 5.15. The summed E-state index contributed by atoms with van der Waals surface area (Å²) in [5.74, 6) is -0.0410. The van der Waals surface area contributed by atoms with Gasteiger partial charge in [-0.3, -0.25) is 9.59 Å². The molecule has 1 fully saturated rings. The average molecular weight is 362 g/mol. The van der Waals surface area contributed by atoms with E-state index in [9.17, 15) is 9.59 Å². The van der Waals surface area contributed by atoms with Crippen LogP contribution in [-0.2, 0) is 9.59 Å². The van der Waals surface area contributed by atoms with Crippen LogP contribution >= 0.6 is 24.0 Å². The Morgan fingerprint density at radius 3 is 2.91 bits per heavy atom. The molecule has 0 saturated carbocycles. The highest BCUT2D eigenvalue weighted by atomic mass is 35.5. The molecule has 0 radical (unpaired) electrons. The van der Waals surface area contributed by atoms with Crippen LogP contribution in [0.5, 0.6) is 5.75 Å². The Morgan fingerprint density at radius 1 is 1.52 bits per heavy atom. The van der Waals surface area contributed by atoms with Crippen LogP contribution in [0, 0.1) is 5.92 Å². The van der Waals surface area contributed by atoms with Crippen LogP contribution in [0.4, 0.5) is 5.69 Å². The Kier molecular flexibility index (Phi) is 7.61. The van der Waals surface area contributed by atoms with E-state index in [0.29, 0.717) is 36.1 Å². The third kappa shape index (κ3) is 4.73. The molecule has 1 aromatic rings. The molecule has 0 bridgehead atoms. The molecule has 1 heterocycles. The Labute approximate surface area is 146 Å². The molecule has 2 amide bonds. The molecule has 1 aromatic carbocycles. The van der Waals surface area contributed by atoms with Gasteiger partial charge >= 0.3 is 0 Å². The van der Waals surface area contributed by atoms with Crippen LogP contribution in [-0.4, -0.2) is 38.6 Å². The summed E-state index contributed by atoms with van der Waals surface area (Å²) in [5, 5.41) is 3.32. The van der Waals surface area contributed by atoms with Crippen molar-refractivity contribution in [2.45, 2.75) is 12.8 Å². The molecular formula is C15H21Cl2N3O3. The number of nitrogens with zero attached hydrogens (tertiary/aromatic N) is 1. The van der Waals surface area contributed by atoms with Crippen molar-refractivity contribution in [3.05, 3.63) is 23.2 Å². The highest BCUT2D eigenvalue weighted by Gasteiger charge is 2.36. The van der Waals surface area contributed by atoms with Crippen molar-refractivity contribution in [1.29, 1.82) is 0 Å². The summed E-state index contributed by atoms with van der Waals surface area (Å²) >= 11 is 6.00. The van der Waals surface area contributed by atoms with Crippen LogP contribution < -0.4 is 20.7 Å². The topological polar surface area (TPSA) is 84.7 Å². The van der Waals surface area contributed by atoms with Crippen LogP contribution in [0.2, 0.25) is 5.02 Å². The first-order valence-electron chi connectivity index (χ1n) is 7.18. The highest BCUT2D eigenvalue weighted by Crippen LogP contribution is 2.35. The van der Waals surface area contributed by atoms with Gasteiger partial charge in [-0.05, 0) is 31.2 Å². The largest absolute Gasteiger partial charge is 0.495 e. The monoisotopic (exact) mass is 361 g/mol. The van der Waals surface area contributed by atoms with E-state index in [1.54, 1.807) is 23.1 Å². The number of amides is 2. The maximum atomic E-state index is 12.2. The van der Waals surface area contributed by atoms with E-state index < -0.39 is 0 Å². The van der Waals surface area contributed by atoms with Gasteiger partial charge in [0.25, 0.3) is 0 Å². The lowest BCUT2D eigenvalue weighted by Gasteiger charge is -2.19. The third-order valence-corrected chi connectivity index (χ3v) is 3.84. The van der Waals surface area contributed by atoms with Crippen molar-refractivity contribution < 1.29 is 14.3 Å². The zero-order valence-electron chi connectivity index (χ0n) is 12.9. The maximum absolute atomic E-state index is 12.2. The van der Waals surface area contributed by atoms with Crippen molar-refractivity contribution in [2.24, 2.45) is 11.7 Å². The number of ether oxygens (including phenoxy) is 1. The van der Waals surface area contributed by atoms with E-state index in [-0.39, 0.29) is 36.6 Å². The van der Waals surface area contributed by atoms with E-state index in [4.69, 9.17) is 22.1 Å². The number of benzene rings is 1. The predicted molar refractivity (Wildman–Crippen MR) is 92.4 cm³/mol. The smallest absolute Gasteiger partial charge is 0.227 e. The molecule has 23 heavy (non-hydrogen) atoms. The number of methoxy groups -OCH3 is 1. The van der Waals surface area contributed by atoms with Crippen LogP contribution in [0.3, 0.4) is 0 Å². The molecule has 0 aliphatic carbocycles. The van der Waals surface area contributed by atoms with Crippen molar-refractivity contribution in [1.82, 2.24) is 5.32 Å². The summed E-state index contributed by atoms with van der Waals surface area (Å²) in [4.78, 5) is 25.9. The lowest BCUT2D eigenvalue weighted by Crippen LogP contribution is -2.34. The lowest BCUT2D eigenvalue weighted by molar-refractivity contribution is -0.126. The van der Waals surface area contributed by atoms with Crippen LogP contribution in [0.1, 0.15) is 12.8 Å². The van der Waals surface area contributed by atoms with E-state index >= 15 is 0 Å². The summed E-state index contributed by atoms with van der Waals surface area (Å²) in [6, 6.07) is 5.08. The van der Waals surface area contributed by atoms with Crippen molar-refractivity contribution >= 4 is 41.5 Å². The number of rotatable bonds is 6. The minimum atomic E-state index is -0.367. The Bertz CT molecular complexity index is 569. The van der Waals surface area contributed by atoms with Crippen LogP contribution in [0.15, 0.2) is 18.2 Å². The maximum Gasteiger partial charge on any atom is 0.227 e. The van der Waals surface area contributed by atoms with Gasteiger partial charge in [0.2, 0.25) is 11.8 Å². The quantitative estimate of drug-likeness (QED) is 0.753. The highest BCUT2D eigenvalue weighted by molar-refractivity contribution is 6.31. The molecule has 1 atom stereocenters. The number of nitrogens with one attached hydrogen (secondary N) is 1. The van der Waals surface area contributed by atoms with Crippen molar-refractivity contribution in [3.63, 3.8) is 0 Å². The third-order valence-electron chi connectivity index (χ3n) is 3.61. The molecule has 1 unspecified atom stereocenters. The fraction of sp³-hybridized carbons (Fsp3) is 0.467. The van der Waals surface area contributed by atoms with Crippen molar-refractivity contribution in [3.8, 4) is 5.75 Å². The first kappa shape index (κ1) is 19.5. The minimum absolute atomic E-state index is 0. The van der Waals surface area contributed by atoms with Gasteiger partial charge in [0.15, 0.2) is 0 Å². The van der Waals surface area contributed by atoms with E-state index in [1.807, 2.05) is 0 Å². The predicted octanol–water partition coefficient (Wildman–Crippen LogP) is 1.59. The fourth-order valence-corrected chi connectivity index (χ4v) is 2.61. The molecular weight excluding hydrogens is 341 g/mol. The summed E-state index contributed by atoms with van der Waals surface area (Å²) in [6.07, 6.45) is 0.905. The number of carbonyl (C=O) groups excluding carboxylic acids is 2. The molecule has 3 N–H and O–H groups in total. The average Bonchev–Trinajstić information content (AvgIpc) is 2.89. The van der Waals surface area contributed by atoms with Gasteiger partial charge in [0, 0.05) is 24.5 Å². The summed E-state index contributed by atoms with van der Waals surface area (Å²) < 4.78 is 5.27. The standard InChI is InChI=1S/C15H20ClN3O3.ClH/c1-22-13-4-3-11(16)8-12(13)19-9-10(7-14(19)20)15(21)18-6-2-5-17;/h3-4,8,10H,2,5-7,9,17H2,1H3,(H,18,21);1H. The second-order valence-corrected chi connectivity index (χ2v) is 5.59. The van der Waals surface area contributed by atoms with Gasteiger partial charge in [-0.1, -0.05) is 11.6 Å². The molecule has 0 spiro atoms. The minimum Gasteiger partial charge on any atom is -0.495 e. The molecule has 1 saturated heterocycles. The zero-order valence-corrected chi connectivity index (χ0v) is 14.5. The van der Waals surface area contributed by atoms with Crippen LogP contribution in [0.25, 0.3) is 0 Å². The SMILES string of the molecule is COc1ccc(Cl)cc1N1CC(C(=O)NCCCN)CC1=O.Cl. The normalized spacial score (nSPS) is 16.9. The Hall–Kier alpha value is -1.50. The van der Waals surface area contributed by atoms with Gasteiger partial charge in [0.1, 0.15) is 5.75 Å². The molecule has 8 heteroatoms. The first-order valence-corrected chi connectivity index (χ1v) is 7.56. The lowest BCUT2D eigenvalue weighted by atomic mass is 10.1. The fourth-order valence-electron chi connectivity index (χ4n) is 2.45. The summed E-state index contributed by atoms with van der Waals surface area (Å²) in [7, 11) is 1.53. The van der Waals surface area contributed by atoms with Gasteiger partial charge in [-0.15, -0.1) is 12.4 Å². The zero-order chi connectivity index (χ0) is 16.1. The number of carbonyl (C=O) groups is 2. The molecule has 1 aliphatic rings. The van der Waals surface area contributed by atoms with Gasteiger partial charge in [-0.25, -0.2) is 0 Å². The van der Waals surface area contributed by atoms with Gasteiger partial charge in [-0.2, -0.15) is 0 Å². The van der Waals surface area contributed by atoms with Crippen molar-refractivity contribution in [2.75, 3.05) is 31.6 Å². The Morgan fingerprint density at radius 2 is 2.26 bits per heavy atom. The van der Waals surface area contributed by atoms with E-state index in [0.717, 1.165) is 6.42 Å². The molecule has 128 valence electrons. The van der Waals surface area contributed by atoms with E-state index in [2.05, 4.69) is 5.32 Å². The number of nitrogens with two attached hydrogens (primary N) is 1. The molecule has 1 aliphatic heterocycles. The molecule has 6 nitrogen and oxygen atoms in total. The Balaban J connectivity index is 0.00000264. The number of hydrogen-bond acceptors (Lipinski definition) is 4. The van der Waals surface area contributed by atoms with E-state index in [1.165, 1.54) is 7.11 Å². The first-order chi connectivity index (χ1) is 10.6. The molecule has 0 aromatic heterocycles. The van der Waals surface area contributed by atoms with Gasteiger partial charge in [0.05, 0.1) is 18.7 Å². The number of hydrogen-bond donors (Lipinski definition) is 2. The summed E-state index contributed by atoms with van der Waals surface area (Å²) in [5.41, 5.74) is 5.99.